The first-order valence-corrected chi connectivity index (χ1v) is 13.2. The average Bonchev–Trinajstić information content (AvgIpc) is 3.52. The summed E-state index contributed by atoms with van der Waals surface area (Å²) in [6.45, 7) is 3.43. The molecule has 1 saturated heterocycles. The van der Waals surface area contributed by atoms with Crippen molar-refractivity contribution in [3.63, 3.8) is 0 Å². The molecule has 1 aromatic heterocycles. The predicted molar refractivity (Wildman–Crippen MR) is 145 cm³/mol. The number of cyclic esters (lactones) is 1. The highest BCUT2D eigenvalue weighted by atomic mass is 16.6. The second kappa shape index (κ2) is 11.4. The zero-order chi connectivity index (χ0) is 28.4. The molecule has 0 spiro atoms. The Bertz CT molecular complexity index is 1370. The Morgan fingerprint density at radius 2 is 2.15 bits per heavy atom. The molecule has 3 N–H and O–H groups in total. The zero-order valence-corrected chi connectivity index (χ0v) is 22.7. The van der Waals surface area contributed by atoms with E-state index >= 15 is 0 Å². The summed E-state index contributed by atoms with van der Waals surface area (Å²) in [4.78, 5) is 48.2. The van der Waals surface area contributed by atoms with Crippen molar-refractivity contribution in [2.75, 3.05) is 55.9 Å². The van der Waals surface area contributed by atoms with Crippen LogP contribution < -0.4 is 25.6 Å². The van der Waals surface area contributed by atoms with Crippen molar-refractivity contribution in [2.24, 2.45) is 5.92 Å². The van der Waals surface area contributed by atoms with Crippen molar-refractivity contribution in [2.45, 2.75) is 38.3 Å². The molecule has 5 rings (SSSR count). The summed E-state index contributed by atoms with van der Waals surface area (Å²) in [6, 6.07) is 5.73. The molecule has 2 aromatic rings. The van der Waals surface area contributed by atoms with Gasteiger partial charge in [0.15, 0.2) is 18.2 Å². The number of nitriles is 1. The summed E-state index contributed by atoms with van der Waals surface area (Å²) in [5, 5.41) is 18.7. The van der Waals surface area contributed by atoms with Gasteiger partial charge in [0, 0.05) is 5.69 Å². The highest BCUT2D eigenvalue weighted by molar-refractivity contribution is 5.95. The third-order valence-corrected chi connectivity index (χ3v) is 7.44. The molecular weight excluding hydrogens is 516 g/mol. The highest BCUT2D eigenvalue weighted by Gasteiger charge is 2.34. The van der Waals surface area contributed by atoms with Crippen LogP contribution in [0.3, 0.4) is 0 Å². The number of rotatable bonds is 9. The number of nitrogens with zero attached hydrogens (tertiary/aromatic N) is 5. The normalized spacial score (nSPS) is 20.2. The van der Waals surface area contributed by atoms with E-state index in [0.717, 1.165) is 30.5 Å². The molecule has 3 atom stereocenters. The van der Waals surface area contributed by atoms with Crippen molar-refractivity contribution in [1.82, 2.24) is 20.2 Å². The summed E-state index contributed by atoms with van der Waals surface area (Å²) < 4.78 is 10.7. The van der Waals surface area contributed by atoms with Gasteiger partial charge >= 0.3 is 6.09 Å². The lowest BCUT2D eigenvalue weighted by molar-refractivity contribution is -0.120. The molecule has 1 fully saturated rings. The van der Waals surface area contributed by atoms with Crippen LogP contribution in [0.25, 0.3) is 0 Å². The van der Waals surface area contributed by atoms with Crippen LogP contribution in [-0.2, 0) is 27.2 Å². The molecule has 2 aliphatic heterocycles. The maximum absolute atomic E-state index is 12.5. The fourth-order valence-corrected chi connectivity index (χ4v) is 5.04. The quantitative estimate of drug-likeness (QED) is 0.389. The molecule has 3 heterocycles. The molecule has 13 nitrogen and oxygen atoms in total. The van der Waals surface area contributed by atoms with Crippen LogP contribution in [0.15, 0.2) is 18.3 Å². The number of benzene rings is 1. The van der Waals surface area contributed by atoms with E-state index in [1.54, 1.807) is 6.07 Å². The lowest BCUT2D eigenvalue weighted by Gasteiger charge is -2.19. The fraction of sp³-hybridized carbons (Fsp3) is 0.481. The summed E-state index contributed by atoms with van der Waals surface area (Å²) in [5.74, 6) is 0.556. The molecule has 3 aliphatic rings. The second-order valence-corrected chi connectivity index (χ2v) is 10.5. The van der Waals surface area contributed by atoms with Crippen LogP contribution >= 0.6 is 0 Å². The van der Waals surface area contributed by atoms with Gasteiger partial charge < -0.3 is 25.4 Å². The minimum atomic E-state index is -0.513. The minimum absolute atomic E-state index is 0.115. The van der Waals surface area contributed by atoms with Crippen molar-refractivity contribution in [3.8, 4) is 11.9 Å². The Morgan fingerprint density at radius 1 is 1.32 bits per heavy atom. The summed E-state index contributed by atoms with van der Waals surface area (Å²) in [7, 11) is 3.69. The standard InChI is InChI=1S/C27H32N8O5/c1-15(34(2)3)25(37)31-19-8-17-6-16(7-21(17)18(9-19)10-28)11-29-5-4-20-13-35(27(38)40-20)22-12-30-26-24(32-22)33-23(36)14-39-26/h8-9,12,15-16,20,29H,4-7,11,13-14H2,1-3H3,(H,31,37)(H,32,33,36)/t15?,16?,20-/m1/s1. The van der Waals surface area contributed by atoms with Crippen molar-refractivity contribution < 1.29 is 23.9 Å². The van der Waals surface area contributed by atoms with E-state index in [0.29, 0.717) is 36.7 Å². The van der Waals surface area contributed by atoms with E-state index in [2.05, 4.69) is 32.0 Å². The summed E-state index contributed by atoms with van der Waals surface area (Å²) >= 11 is 0. The Balaban J connectivity index is 1.10. The molecule has 1 aromatic carbocycles. The lowest BCUT2D eigenvalue weighted by atomic mass is 10.0. The van der Waals surface area contributed by atoms with Crippen LogP contribution in [0.1, 0.15) is 30.0 Å². The van der Waals surface area contributed by atoms with Crippen LogP contribution in [0.4, 0.5) is 22.1 Å². The van der Waals surface area contributed by atoms with Gasteiger partial charge in [-0.3, -0.25) is 19.4 Å². The van der Waals surface area contributed by atoms with Gasteiger partial charge in [-0.2, -0.15) is 5.26 Å². The molecule has 0 saturated carbocycles. The van der Waals surface area contributed by atoms with Gasteiger partial charge in [-0.05, 0) is 82.5 Å². The van der Waals surface area contributed by atoms with Crippen molar-refractivity contribution >= 4 is 35.2 Å². The van der Waals surface area contributed by atoms with Crippen LogP contribution in [0.5, 0.6) is 5.88 Å². The molecule has 13 heteroatoms. The van der Waals surface area contributed by atoms with Gasteiger partial charge in [-0.1, -0.05) is 0 Å². The smallest absolute Gasteiger partial charge is 0.415 e. The SMILES string of the molecule is CC(C(=O)Nc1cc(C#N)c2c(c1)CC(CNCC[C@@H]1CN(c3cnc4c(n3)NC(=O)CO4)C(=O)O1)C2)N(C)C. The van der Waals surface area contributed by atoms with Crippen LogP contribution in [0.2, 0.25) is 0 Å². The predicted octanol–water partition coefficient (Wildman–Crippen LogP) is 1.29. The Labute approximate surface area is 231 Å². The molecule has 210 valence electrons. The van der Waals surface area contributed by atoms with Gasteiger partial charge in [0.1, 0.15) is 6.10 Å². The van der Waals surface area contributed by atoms with E-state index in [4.69, 9.17) is 9.47 Å². The third-order valence-electron chi connectivity index (χ3n) is 7.44. The van der Waals surface area contributed by atoms with Gasteiger partial charge in [0.05, 0.1) is 30.4 Å². The van der Waals surface area contributed by atoms with E-state index in [1.807, 2.05) is 32.0 Å². The Morgan fingerprint density at radius 3 is 2.92 bits per heavy atom. The third kappa shape index (κ3) is 5.83. The molecule has 0 radical (unpaired) electrons. The summed E-state index contributed by atoms with van der Waals surface area (Å²) in [6.07, 6.45) is 2.81. The number of aromatic nitrogens is 2. The molecule has 40 heavy (non-hydrogen) atoms. The maximum atomic E-state index is 12.5. The number of anilines is 3. The largest absolute Gasteiger partial charge is 0.465 e. The minimum Gasteiger partial charge on any atom is -0.465 e. The van der Waals surface area contributed by atoms with Crippen molar-refractivity contribution in [1.29, 1.82) is 5.26 Å². The maximum Gasteiger partial charge on any atom is 0.415 e. The molecule has 3 amide bonds. The van der Waals surface area contributed by atoms with Gasteiger partial charge in [0.25, 0.3) is 11.8 Å². The molecule has 2 unspecified atom stereocenters. The van der Waals surface area contributed by atoms with Crippen molar-refractivity contribution in [3.05, 3.63) is 35.0 Å². The Kier molecular flexibility index (Phi) is 7.81. The number of fused-ring (bicyclic) bond motifs is 2. The molecule has 0 bridgehead atoms. The van der Waals surface area contributed by atoms with Gasteiger partial charge in [-0.25, -0.2) is 14.8 Å². The van der Waals surface area contributed by atoms with E-state index in [9.17, 15) is 19.6 Å². The molecule has 1 aliphatic carbocycles. The first kappa shape index (κ1) is 27.3. The fourth-order valence-electron chi connectivity index (χ4n) is 5.04. The van der Waals surface area contributed by atoms with E-state index < -0.39 is 6.09 Å². The molecular formula is C27H32N8O5. The second-order valence-electron chi connectivity index (χ2n) is 10.5. The average molecular weight is 549 g/mol. The number of ether oxygens (including phenoxy) is 2. The van der Waals surface area contributed by atoms with E-state index in [-0.39, 0.29) is 48.1 Å². The van der Waals surface area contributed by atoms with Crippen LogP contribution in [0, 0.1) is 17.2 Å². The lowest BCUT2D eigenvalue weighted by Crippen LogP contribution is -2.37. The number of amides is 3. The first-order chi connectivity index (χ1) is 19.2. The highest BCUT2D eigenvalue weighted by Crippen LogP contribution is 2.32. The van der Waals surface area contributed by atoms with E-state index in [1.165, 1.54) is 11.1 Å². The van der Waals surface area contributed by atoms with Gasteiger partial charge in [-0.15, -0.1) is 0 Å². The zero-order valence-electron chi connectivity index (χ0n) is 22.7. The summed E-state index contributed by atoms with van der Waals surface area (Å²) in [5.41, 5.74) is 3.38. The number of likely N-dealkylation sites (N-methyl/N-ethyl adjacent to an activating group) is 1. The number of hydrogen-bond donors (Lipinski definition) is 3. The van der Waals surface area contributed by atoms with Crippen LogP contribution in [-0.4, -0.2) is 85.3 Å². The van der Waals surface area contributed by atoms with Gasteiger partial charge in [0.2, 0.25) is 5.91 Å². The first-order valence-electron chi connectivity index (χ1n) is 13.2. The Hall–Kier alpha value is -4.28. The number of hydrogen-bond acceptors (Lipinski definition) is 10. The number of carbonyl (C=O) groups is 3. The number of carbonyl (C=O) groups excluding carboxylic acids is 3. The monoisotopic (exact) mass is 548 g/mol. The topological polar surface area (TPSA) is 162 Å². The number of nitrogens with one attached hydrogen (secondary N) is 3.